The molecule has 0 spiro atoms. The Kier molecular flexibility index (Phi) is 7.47. The molecule has 2 amide bonds. The molecule has 190 valence electrons. The van der Waals surface area contributed by atoms with Gasteiger partial charge >= 0.3 is 0 Å². The van der Waals surface area contributed by atoms with E-state index in [1.165, 1.54) is 23.2 Å². The zero-order valence-electron chi connectivity index (χ0n) is 20.5. The quantitative estimate of drug-likeness (QED) is 0.372. The zero-order valence-corrected chi connectivity index (χ0v) is 22.0. The van der Waals surface area contributed by atoms with Crippen molar-refractivity contribution < 1.29 is 18.0 Å². The number of sulfonamides is 1. The third-order valence-electron chi connectivity index (χ3n) is 5.86. The van der Waals surface area contributed by atoms with E-state index in [1.807, 2.05) is 13.0 Å². The minimum Gasteiger partial charge on any atom is -0.330 e. The minimum atomic E-state index is -4.04. The van der Waals surface area contributed by atoms with Gasteiger partial charge in [-0.05, 0) is 55.8 Å². The summed E-state index contributed by atoms with van der Waals surface area (Å²) in [6, 6.07) is 20.4. The average Bonchev–Trinajstić information content (AvgIpc) is 3.25. The molecule has 0 fully saturated rings. The summed E-state index contributed by atoms with van der Waals surface area (Å²) in [4.78, 5) is 31.1. The lowest BCUT2D eigenvalue weighted by Crippen LogP contribution is -2.30. The van der Waals surface area contributed by atoms with E-state index in [9.17, 15) is 18.0 Å². The molecule has 0 atom stereocenters. The molecule has 1 heterocycles. The number of hydrogen-bond acceptors (Lipinski definition) is 5. The van der Waals surface area contributed by atoms with E-state index in [-0.39, 0.29) is 16.5 Å². The number of carbonyl (C=O) groups is 2. The van der Waals surface area contributed by atoms with E-state index in [1.54, 1.807) is 73.1 Å². The van der Waals surface area contributed by atoms with Gasteiger partial charge in [-0.15, -0.1) is 0 Å². The van der Waals surface area contributed by atoms with Crippen molar-refractivity contribution in [1.82, 2.24) is 14.3 Å². The highest BCUT2D eigenvalue weighted by Gasteiger charge is 2.21. The lowest BCUT2D eigenvalue weighted by Gasteiger charge is -2.19. The van der Waals surface area contributed by atoms with Gasteiger partial charge in [-0.2, -0.15) is 0 Å². The molecule has 0 aliphatic rings. The van der Waals surface area contributed by atoms with Crippen LogP contribution in [0.2, 0.25) is 5.02 Å². The largest absolute Gasteiger partial charge is 0.330 e. The molecular weight excluding hydrogens is 512 g/mol. The van der Waals surface area contributed by atoms with Crippen LogP contribution >= 0.6 is 11.6 Å². The molecule has 0 aliphatic heterocycles. The third kappa shape index (κ3) is 5.90. The Morgan fingerprint density at radius 1 is 1.00 bits per heavy atom. The highest BCUT2D eigenvalue weighted by Crippen LogP contribution is 2.25. The Morgan fingerprint density at radius 3 is 2.32 bits per heavy atom. The van der Waals surface area contributed by atoms with Crippen LogP contribution in [0.5, 0.6) is 0 Å². The predicted octanol–water partition coefficient (Wildman–Crippen LogP) is 4.60. The van der Waals surface area contributed by atoms with Crippen molar-refractivity contribution in [2.24, 2.45) is 0 Å². The molecule has 1 aromatic heterocycles. The van der Waals surface area contributed by atoms with E-state index >= 15 is 0 Å². The van der Waals surface area contributed by atoms with Gasteiger partial charge in [-0.3, -0.25) is 9.59 Å². The van der Waals surface area contributed by atoms with Crippen molar-refractivity contribution in [2.75, 3.05) is 11.9 Å². The number of hydrogen-bond donors (Lipinski definition) is 1. The second kappa shape index (κ2) is 10.6. The van der Waals surface area contributed by atoms with E-state index in [0.29, 0.717) is 28.6 Å². The van der Waals surface area contributed by atoms with Crippen molar-refractivity contribution >= 4 is 39.1 Å². The first kappa shape index (κ1) is 26.1. The van der Waals surface area contributed by atoms with E-state index < -0.39 is 15.9 Å². The fourth-order valence-corrected chi connectivity index (χ4v) is 4.87. The molecule has 0 saturated heterocycles. The monoisotopic (exact) mass is 536 g/mol. The van der Waals surface area contributed by atoms with Crippen LogP contribution in [0.3, 0.4) is 0 Å². The second-order valence-electron chi connectivity index (χ2n) is 8.55. The van der Waals surface area contributed by atoms with Crippen LogP contribution in [0.25, 0.3) is 0 Å². The number of benzene rings is 3. The molecule has 0 aliphatic carbocycles. The number of nitrogens with zero attached hydrogens (tertiary/aromatic N) is 3. The maximum Gasteiger partial charge on any atom is 0.285 e. The maximum atomic E-state index is 12.7. The van der Waals surface area contributed by atoms with Gasteiger partial charge in [0.25, 0.3) is 21.8 Å². The predicted molar refractivity (Wildman–Crippen MR) is 143 cm³/mol. The number of carbonyl (C=O) groups excluding carboxylic acids is 2. The standard InChI is InChI=1S/C27H25ClN4O4S/c1-18-9-13-23(14-10-18)37(35,36)30-26(33)25-17-32(19(2)29-25)16-21-11-12-22(15-24(21)28)31(3)27(34)20-7-5-4-6-8-20/h4-15,17H,16H2,1-3H3,(H,30,33). The highest BCUT2D eigenvalue weighted by molar-refractivity contribution is 7.90. The number of aryl methyl sites for hydroxylation is 2. The molecule has 0 radical (unpaired) electrons. The summed E-state index contributed by atoms with van der Waals surface area (Å²) < 4.78 is 28.9. The minimum absolute atomic E-state index is 0.00908. The maximum absolute atomic E-state index is 12.7. The van der Waals surface area contributed by atoms with Crippen LogP contribution in [0, 0.1) is 13.8 Å². The number of imidazole rings is 1. The molecule has 8 nitrogen and oxygen atoms in total. The van der Waals surface area contributed by atoms with Crippen LogP contribution in [-0.4, -0.2) is 36.8 Å². The Morgan fingerprint density at radius 2 is 1.68 bits per heavy atom. The van der Waals surface area contributed by atoms with E-state index in [2.05, 4.69) is 9.71 Å². The Labute approximate surface area is 220 Å². The summed E-state index contributed by atoms with van der Waals surface area (Å²) in [5, 5.41) is 0.436. The number of halogens is 1. The summed E-state index contributed by atoms with van der Waals surface area (Å²) in [5.74, 6) is -0.481. The van der Waals surface area contributed by atoms with Gasteiger partial charge in [0, 0.05) is 29.5 Å². The molecule has 37 heavy (non-hydrogen) atoms. The molecule has 4 aromatic rings. The molecule has 3 aromatic carbocycles. The van der Waals surface area contributed by atoms with Gasteiger partial charge in [0.2, 0.25) is 0 Å². The van der Waals surface area contributed by atoms with Gasteiger partial charge in [-0.1, -0.05) is 53.6 Å². The van der Waals surface area contributed by atoms with E-state index in [0.717, 1.165) is 11.1 Å². The number of anilines is 1. The van der Waals surface area contributed by atoms with Crippen molar-refractivity contribution in [2.45, 2.75) is 25.3 Å². The summed E-state index contributed by atoms with van der Waals surface area (Å²) in [6.07, 6.45) is 1.48. The van der Waals surface area contributed by atoms with Gasteiger partial charge in [0.05, 0.1) is 11.4 Å². The molecule has 1 N–H and O–H groups in total. The number of aromatic nitrogens is 2. The first-order chi connectivity index (χ1) is 17.5. The Balaban J connectivity index is 1.48. The van der Waals surface area contributed by atoms with Crippen LogP contribution < -0.4 is 9.62 Å². The van der Waals surface area contributed by atoms with Crippen molar-refractivity contribution in [3.05, 3.63) is 112 Å². The Hall–Kier alpha value is -3.95. The molecule has 4 rings (SSSR count). The van der Waals surface area contributed by atoms with Crippen molar-refractivity contribution in [3.8, 4) is 0 Å². The average molecular weight is 537 g/mol. The molecular formula is C27H25ClN4O4S. The zero-order chi connectivity index (χ0) is 26.7. The first-order valence-corrected chi connectivity index (χ1v) is 13.2. The molecule has 0 unspecified atom stereocenters. The summed E-state index contributed by atoms with van der Waals surface area (Å²) in [6.45, 7) is 3.85. The fraction of sp³-hybridized carbons (Fsp3) is 0.148. The molecule has 0 saturated carbocycles. The summed E-state index contributed by atoms with van der Waals surface area (Å²) in [5.41, 5.74) is 2.81. The van der Waals surface area contributed by atoms with Gasteiger partial charge in [0.15, 0.2) is 0 Å². The number of amides is 2. The van der Waals surface area contributed by atoms with Crippen molar-refractivity contribution in [1.29, 1.82) is 0 Å². The lowest BCUT2D eigenvalue weighted by molar-refractivity contribution is 0.0973. The molecule has 0 bridgehead atoms. The molecule has 10 heteroatoms. The lowest BCUT2D eigenvalue weighted by atomic mass is 10.1. The number of rotatable bonds is 7. The van der Waals surface area contributed by atoms with Crippen LogP contribution in [0.15, 0.2) is 83.9 Å². The second-order valence-corrected chi connectivity index (χ2v) is 10.6. The summed E-state index contributed by atoms with van der Waals surface area (Å²) >= 11 is 6.53. The normalized spacial score (nSPS) is 11.2. The highest BCUT2D eigenvalue weighted by atomic mass is 35.5. The van der Waals surface area contributed by atoms with Gasteiger partial charge in [-0.25, -0.2) is 18.1 Å². The van der Waals surface area contributed by atoms with Crippen molar-refractivity contribution in [3.63, 3.8) is 0 Å². The van der Waals surface area contributed by atoms with Crippen LogP contribution in [0.1, 0.15) is 37.8 Å². The summed E-state index contributed by atoms with van der Waals surface area (Å²) in [7, 11) is -2.36. The van der Waals surface area contributed by atoms with Crippen LogP contribution in [0.4, 0.5) is 5.69 Å². The smallest absolute Gasteiger partial charge is 0.285 e. The fourth-order valence-electron chi connectivity index (χ4n) is 3.68. The SMILES string of the molecule is Cc1ccc(S(=O)(=O)NC(=O)c2cn(Cc3ccc(N(C)C(=O)c4ccccc4)cc3Cl)c(C)n2)cc1. The van der Waals surface area contributed by atoms with Gasteiger partial charge < -0.3 is 9.47 Å². The first-order valence-electron chi connectivity index (χ1n) is 11.3. The number of nitrogens with one attached hydrogen (secondary N) is 1. The van der Waals surface area contributed by atoms with Gasteiger partial charge in [0.1, 0.15) is 11.5 Å². The third-order valence-corrected chi connectivity index (χ3v) is 7.56. The van der Waals surface area contributed by atoms with Crippen LogP contribution in [-0.2, 0) is 16.6 Å². The van der Waals surface area contributed by atoms with E-state index in [4.69, 9.17) is 11.6 Å². The Bertz CT molecular complexity index is 1570. The topological polar surface area (TPSA) is 101 Å².